The Morgan fingerprint density at radius 3 is 3.00 bits per heavy atom. The minimum Gasteiger partial charge on any atom is -0.329 e. The van der Waals surface area contributed by atoms with E-state index in [1.165, 1.54) is 27.4 Å². The van der Waals surface area contributed by atoms with Crippen LogP contribution in [0.5, 0.6) is 0 Å². The Morgan fingerprint density at radius 1 is 1.21 bits per heavy atom. The van der Waals surface area contributed by atoms with Crippen molar-refractivity contribution in [2.24, 2.45) is 0 Å². The van der Waals surface area contributed by atoms with E-state index >= 15 is 0 Å². The van der Waals surface area contributed by atoms with E-state index in [0.717, 1.165) is 42.1 Å². The maximum atomic E-state index is 12.5. The number of pyridine rings is 1. The zero-order valence-corrected chi connectivity index (χ0v) is 16.7. The van der Waals surface area contributed by atoms with Gasteiger partial charge in [-0.2, -0.15) is 0 Å². The number of likely N-dealkylation sites (tertiary alicyclic amines) is 1. The second kappa shape index (κ2) is 7.11. The van der Waals surface area contributed by atoms with Crippen molar-refractivity contribution in [2.45, 2.75) is 32.2 Å². The predicted molar refractivity (Wildman–Crippen MR) is 112 cm³/mol. The van der Waals surface area contributed by atoms with Gasteiger partial charge in [0.1, 0.15) is 22.9 Å². The van der Waals surface area contributed by atoms with Crippen LogP contribution in [-0.4, -0.2) is 27.5 Å². The number of quaternary nitrogens is 1. The van der Waals surface area contributed by atoms with E-state index in [0.29, 0.717) is 5.92 Å². The second-order valence-corrected chi connectivity index (χ2v) is 8.82. The summed E-state index contributed by atoms with van der Waals surface area (Å²) in [6.45, 7) is 4.95. The van der Waals surface area contributed by atoms with Crippen molar-refractivity contribution < 1.29 is 4.90 Å². The summed E-state index contributed by atoms with van der Waals surface area (Å²) in [6.07, 6.45) is 4.23. The van der Waals surface area contributed by atoms with E-state index in [1.807, 2.05) is 36.6 Å². The number of para-hydroxylation sites is 1. The van der Waals surface area contributed by atoms with Crippen molar-refractivity contribution in [3.05, 3.63) is 75.3 Å². The predicted octanol–water partition coefficient (Wildman–Crippen LogP) is 2.58. The number of hydrogen-bond acceptors (Lipinski definition) is 4. The molecule has 5 rings (SSSR count). The number of aromatic nitrogens is 3. The van der Waals surface area contributed by atoms with Crippen molar-refractivity contribution in [2.75, 3.05) is 13.1 Å². The first-order valence-corrected chi connectivity index (χ1v) is 10.7. The summed E-state index contributed by atoms with van der Waals surface area (Å²) in [5.41, 5.74) is 3.78. The summed E-state index contributed by atoms with van der Waals surface area (Å²) >= 11 is 1.82. The smallest absolute Gasteiger partial charge is 0.258 e. The Hall–Kier alpha value is -2.57. The van der Waals surface area contributed by atoms with Crippen molar-refractivity contribution in [1.82, 2.24) is 14.4 Å². The van der Waals surface area contributed by atoms with Gasteiger partial charge >= 0.3 is 0 Å². The standard InChI is InChI=1S/C22H22N4OS/c1-15-8-9-20-23-17(11-21(27)26(20)12-15)14-25-10-4-5-16(13-25)22-24-18-6-2-3-7-19(18)28-22/h2-3,6-9,11-12,16H,4-5,10,13-14H2,1H3/p+1/t16-/m0/s1. The van der Waals surface area contributed by atoms with E-state index in [-0.39, 0.29) is 5.56 Å². The Morgan fingerprint density at radius 2 is 2.11 bits per heavy atom. The molecule has 1 aliphatic heterocycles. The minimum atomic E-state index is 0.00262. The lowest BCUT2D eigenvalue weighted by atomic mass is 9.98. The number of piperidine rings is 1. The van der Waals surface area contributed by atoms with Gasteiger partial charge in [-0.25, -0.2) is 9.97 Å². The van der Waals surface area contributed by atoms with Gasteiger partial charge in [-0.05, 0) is 43.5 Å². The van der Waals surface area contributed by atoms with Crippen molar-refractivity contribution in [3.63, 3.8) is 0 Å². The SMILES string of the molecule is Cc1ccc2nc(C[NH+]3CCC[C@H](c4nc5ccccc5s4)C3)cc(=O)n2c1. The number of rotatable bonds is 3. The molecule has 0 saturated carbocycles. The molecule has 6 heteroatoms. The molecule has 0 amide bonds. The maximum Gasteiger partial charge on any atom is 0.258 e. The van der Waals surface area contributed by atoms with Crippen LogP contribution >= 0.6 is 11.3 Å². The van der Waals surface area contributed by atoms with Crippen LogP contribution in [0.2, 0.25) is 0 Å². The van der Waals surface area contributed by atoms with Gasteiger partial charge in [0.05, 0.1) is 29.2 Å². The molecule has 4 heterocycles. The Kier molecular flexibility index (Phi) is 4.45. The van der Waals surface area contributed by atoms with E-state index in [1.54, 1.807) is 10.5 Å². The van der Waals surface area contributed by atoms with Crippen LogP contribution in [0, 0.1) is 6.92 Å². The molecule has 0 spiro atoms. The number of thiazole rings is 1. The van der Waals surface area contributed by atoms with Gasteiger partial charge in [-0.1, -0.05) is 18.2 Å². The lowest BCUT2D eigenvalue weighted by Crippen LogP contribution is -3.12. The third-order valence-electron chi connectivity index (χ3n) is 5.57. The highest BCUT2D eigenvalue weighted by atomic mass is 32.1. The molecule has 3 aromatic heterocycles. The van der Waals surface area contributed by atoms with Gasteiger partial charge in [0.2, 0.25) is 0 Å². The van der Waals surface area contributed by atoms with Crippen LogP contribution in [0.1, 0.15) is 35.0 Å². The first kappa shape index (κ1) is 17.5. The zero-order chi connectivity index (χ0) is 19.1. The molecule has 1 aromatic carbocycles. The van der Waals surface area contributed by atoms with Gasteiger partial charge in [-0.15, -0.1) is 11.3 Å². The topological polar surface area (TPSA) is 51.7 Å². The fraction of sp³-hybridized carbons (Fsp3) is 0.318. The largest absolute Gasteiger partial charge is 0.329 e. The monoisotopic (exact) mass is 391 g/mol. The molecule has 1 fully saturated rings. The first-order valence-electron chi connectivity index (χ1n) is 9.84. The molecule has 0 bridgehead atoms. The van der Waals surface area contributed by atoms with Crippen LogP contribution in [-0.2, 0) is 6.54 Å². The van der Waals surface area contributed by atoms with Crippen molar-refractivity contribution in [3.8, 4) is 0 Å². The number of aryl methyl sites for hydroxylation is 1. The summed E-state index contributed by atoms with van der Waals surface area (Å²) < 4.78 is 2.90. The van der Waals surface area contributed by atoms with Gasteiger partial charge < -0.3 is 4.90 Å². The summed E-state index contributed by atoms with van der Waals surface area (Å²) in [5, 5.41) is 1.25. The lowest BCUT2D eigenvalue weighted by molar-refractivity contribution is -0.920. The Labute approximate surface area is 167 Å². The molecule has 4 aromatic rings. The van der Waals surface area contributed by atoms with E-state index in [4.69, 9.17) is 9.97 Å². The van der Waals surface area contributed by atoms with E-state index in [2.05, 4.69) is 24.3 Å². The molecule has 0 radical (unpaired) electrons. The highest BCUT2D eigenvalue weighted by Gasteiger charge is 2.27. The number of hydrogen-bond donors (Lipinski definition) is 1. The molecule has 0 aliphatic carbocycles. The fourth-order valence-corrected chi connectivity index (χ4v) is 5.29. The van der Waals surface area contributed by atoms with Crippen LogP contribution < -0.4 is 10.5 Å². The second-order valence-electron chi connectivity index (χ2n) is 7.76. The maximum absolute atomic E-state index is 12.5. The summed E-state index contributed by atoms with van der Waals surface area (Å²) in [4.78, 5) is 23.6. The summed E-state index contributed by atoms with van der Waals surface area (Å²) in [6, 6.07) is 14.0. The highest BCUT2D eigenvalue weighted by molar-refractivity contribution is 7.18. The lowest BCUT2D eigenvalue weighted by Gasteiger charge is -2.28. The Balaban J connectivity index is 1.37. The van der Waals surface area contributed by atoms with Gasteiger partial charge in [0.25, 0.3) is 5.56 Å². The molecular formula is C22H23N4OS+. The number of nitrogens with zero attached hydrogens (tertiary/aromatic N) is 3. The van der Waals surface area contributed by atoms with Crippen molar-refractivity contribution in [1.29, 1.82) is 0 Å². The number of fused-ring (bicyclic) bond motifs is 2. The van der Waals surface area contributed by atoms with Crippen molar-refractivity contribution >= 4 is 27.2 Å². The molecule has 1 aliphatic rings. The average molecular weight is 392 g/mol. The first-order chi connectivity index (χ1) is 13.7. The quantitative estimate of drug-likeness (QED) is 0.584. The summed E-state index contributed by atoms with van der Waals surface area (Å²) in [7, 11) is 0. The number of benzene rings is 1. The van der Waals surface area contributed by atoms with Crippen LogP contribution in [0.3, 0.4) is 0 Å². The molecular weight excluding hydrogens is 368 g/mol. The molecule has 1 unspecified atom stereocenters. The molecule has 2 atom stereocenters. The normalized spacial score (nSPS) is 20.0. The molecule has 142 valence electrons. The Bertz CT molecular complexity index is 1180. The average Bonchev–Trinajstić information content (AvgIpc) is 3.13. The molecule has 1 N–H and O–H groups in total. The van der Waals surface area contributed by atoms with Gasteiger partial charge in [0, 0.05) is 12.3 Å². The summed E-state index contributed by atoms with van der Waals surface area (Å²) in [5.74, 6) is 0.491. The highest BCUT2D eigenvalue weighted by Crippen LogP contribution is 2.30. The third kappa shape index (κ3) is 3.34. The number of nitrogens with one attached hydrogen (secondary N) is 1. The van der Waals surface area contributed by atoms with Crippen LogP contribution in [0.15, 0.2) is 53.5 Å². The van der Waals surface area contributed by atoms with E-state index < -0.39 is 0 Å². The van der Waals surface area contributed by atoms with Crippen LogP contribution in [0.4, 0.5) is 0 Å². The molecule has 5 nitrogen and oxygen atoms in total. The van der Waals surface area contributed by atoms with Gasteiger partial charge in [0.15, 0.2) is 0 Å². The van der Waals surface area contributed by atoms with Crippen LogP contribution in [0.25, 0.3) is 15.9 Å². The third-order valence-corrected chi connectivity index (χ3v) is 6.77. The molecule has 28 heavy (non-hydrogen) atoms. The van der Waals surface area contributed by atoms with Gasteiger partial charge in [-0.3, -0.25) is 9.20 Å². The fourth-order valence-electron chi connectivity index (χ4n) is 4.19. The van der Waals surface area contributed by atoms with E-state index in [9.17, 15) is 4.79 Å². The molecule has 1 saturated heterocycles. The zero-order valence-electron chi connectivity index (χ0n) is 15.9. The minimum absolute atomic E-state index is 0.00262.